The van der Waals surface area contributed by atoms with Crippen LogP contribution in [-0.2, 0) is 0 Å². The molecule has 20 heavy (non-hydrogen) atoms. The van der Waals surface area contributed by atoms with E-state index in [4.69, 9.17) is 0 Å². The number of rotatable bonds is 4. The van der Waals surface area contributed by atoms with E-state index in [1.165, 1.54) is 64.2 Å². The molecule has 2 saturated carbocycles. The van der Waals surface area contributed by atoms with Gasteiger partial charge in [0.05, 0.1) is 0 Å². The number of hydrogen-bond donors (Lipinski definition) is 2. The third kappa shape index (κ3) is 3.77. The van der Waals surface area contributed by atoms with Crippen molar-refractivity contribution < 1.29 is 0 Å². The summed E-state index contributed by atoms with van der Waals surface area (Å²) in [5.41, 5.74) is 0. The quantitative estimate of drug-likeness (QED) is 0.880. The van der Waals surface area contributed by atoms with Crippen LogP contribution in [0.4, 0.5) is 11.9 Å². The molecule has 2 aliphatic carbocycles. The van der Waals surface area contributed by atoms with Gasteiger partial charge in [0.15, 0.2) is 0 Å². The Bertz CT molecular complexity index is 356. The highest BCUT2D eigenvalue weighted by molar-refractivity contribution is 5.27. The molecule has 3 rings (SSSR count). The molecule has 2 N–H and O–H groups in total. The highest BCUT2D eigenvalue weighted by atomic mass is 15.4. The van der Waals surface area contributed by atoms with Gasteiger partial charge in [-0.2, -0.15) is 0 Å². The SMILES string of the molecule is C1CCC(Nc2nnc(NC3CCCCC3)nn2)CC1. The largest absolute Gasteiger partial charge is 0.349 e. The van der Waals surface area contributed by atoms with E-state index >= 15 is 0 Å². The summed E-state index contributed by atoms with van der Waals surface area (Å²) in [5.74, 6) is 1.12. The average molecular weight is 276 g/mol. The molecule has 1 aromatic rings. The highest BCUT2D eigenvalue weighted by Crippen LogP contribution is 2.21. The summed E-state index contributed by atoms with van der Waals surface area (Å²) in [4.78, 5) is 0. The lowest BCUT2D eigenvalue weighted by Crippen LogP contribution is -2.26. The second-order valence-corrected chi connectivity index (χ2v) is 6.01. The van der Waals surface area contributed by atoms with Crippen molar-refractivity contribution in [1.29, 1.82) is 0 Å². The van der Waals surface area contributed by atoms with Gasteiger partial charge in [-0.3, -0.25) is 0 Å². The second-order valence-electron chi connectivity index (χ2n) is 6.01. The number of hydrogen-bond acceptors (Lipinski definition) is 6. The molecule has 0 radical (unpaired) electrons. The molecule has 110 valence electrons. The smallest absolute Gasteiger partial charge is 0.262 e. The van der Waals surface area contributed by atoms with E-state index in [1.54, 1.807) is 0 Å². The minimum absolute atomic E-state index is 0.490. The number of anilines is 2. The lowest BCUT2D eigenvalue weighted by molar-refractivity contribution is 0.457. The van der Waals surface area contributed by atoms with Gasteiger partial charge < -0.3 is 10.6 Å². The molecular weight excluding hydrogens is 252 g/mol. The van der Waals surface area contributed by atoms with Crippen molar-refractivity contribution in [2.45, 2.75) is 76.3 Å². The maximum Gasteiger partial charge on any atom is 0.262 e. The van der Waals surface area contributed by atoms with E-state index in [1.807, 2.05) is 0 Å². The van der Waals surface area contributed by atoms with Gasteiger partial charge in [-0.25, -0.2) is 0 Å². The van der Waals surface area contributed by atoms with Crippen LogP contribution < -0.4 is 10.6 Å². The maximum absolute atomic E-state index is 4.14. The van der Waals surface area contributed by atoms with Gasteiger partial charge in [0.25, 0.3) is 11.9 Å². The number of aromatic nitrogens is 4. The van der Waals surface area contributed by atoms with Crippen molar-refractivity contribution in [3.05, 3.63) is 0 Å². The zero-order valence-electron chi connectivity index (χ0n) is 12.0. The fourth-order valence-electron chi connectivity index (χ4n) is 3.20. The summed E-state index contributed by atoms with van der Waals surface area (Å²) in [6, 6.07) is 0.981. The topological polar surface area (TPSA) is 75.6 Å². The van der Waals surface area contributed by atoms with E-state index in [-0.39, 0.29) is 0 Å². The van der Waals surface area contributed by atoms with Crippen molar-refractivity contribution in [2.75, 3.05) is 10.6 Å². The zero-order valence-corrected chi connectivity index (χ0v) is 12.0. The van der Waals surface area contributed by atoms with E-state index in [0.29, 0.717) is 24.0 Å². The third-order valence-corrected chi connectivity index (χ3v) is 4.36. The molecule has 0 amide bonds. The first-order valence-corrected chi connectivity index (χ1v) is 8.00. The lowest BCUT2D eigenvalue weighted by Gasteiger charge is -2.23. The number of nitrogens with one attached hydrogen (secondary N) is 2. The molecule has 0 saturated heterocycles. The fraction of sp³-hybridized carbons (Fsp3) is 0.857. The Balaban J connectivity index is 1.51. The molecule has 0 aromatic carbocycles. The summed E-state index contributed by atoms with van der Waals surface area (Å²) in [6.07, 6.45) is 12.7. The third-order valence-electron chi connectivity index (χ3n) is 4.36. The predicted molar refractivity (Wildman–Crippen MR) is 78.6 cm³/mol. The van der Waals surface area contributed by atoms with Crippen molar-refractivity contribution >= 4 is 11.9 Å². The van der Waals surface area contributed by atoms with Gasteiger partial charge in [0.1, 0.15) is 0 Å². The fourth-order valence-corrected chi connectivity index (χ4v) is 3.20. The Kier molecular flexibility index (Phi) is 4.61. The van der Waals surface area contributed by atoms with Crippen molar-refractivity contribution in [3.63, 3.8) is 0 Å². The van der Waals surface area contributed by atoms with Crippen LogP contribution in [0, 0.1) is 0 Å². The van der Waals surface area contributed by atoms with Crippen LogP contribution >= 0.6 is 0 Å². The molecule has 1 heterocycles. The summed E-state index contributed by atoms with van der Waals surface area (Å²) < 4.78 is 0. The second kappa shape index (κ2) is 6.81. The van der Waals surface area contributed by atoms with Gasteiger partial charge in [0, 0.05) is 12.1 Å². The Hall–Kier alpha value is -1.46. The first kappa shape index (κ1) is 13.5. The van der Waals surface area contributed by atoms with E-state index in [9.17, 15) is 0 Å². The standard InChI is InChI=1S/C14H24N6/c1-3-7-11(8-4-1)15-13-17-19-14(20-18-13)16-12-9-5-2-6-10-12/h11-12H,1-10H2,(H,15,17,18)(H,16,19,20). The van der Waals surface area contributed by atoms with E-state index in [2.05, 4.69) is 31.0 Å². The summed E-state index contributed by atoms with van der Waals surface area (Å²) in [7, 11) is 0. The first-order chi connectivity index (χ1) is 9.90. The van der Waals surface area contributed by atoms with Crippen LogP contribution in [0.1, 0.15) is 64.2 Å². The van der Waals surface area contributed by atoms with Gasteiger partial charge in [-0.05, 0) is 25.7 Å². The van der Waals surface area contributed by atoms with Crippen LogP contribution in [0.3, 0.4) is 0 Å². The maximum atomic E-state index is 4.14. The molecule has 0 spiro atoms. The first-order valence-electron chi connectivity index (χ1n) is 8.00. The van der Waals surface area contributed by atoms with Gasteiger partial charge in [-0.15, -0.1) is 20.4 Å². The van der Waals surface area contributed by atoms with Crippen LogP contribution in [0.15, 0.2) is 0 Å². The molecular formula is C14H24N6. The molecule has 1 aromatic heterocycles. The lowest BCUT2D eigenvalue weighted by atomic mass is 9.96. The highest BCUT2D eigenvalue weighted by Gasteiger charge is 2.16. The minimum atomic E-state index is 0.490. The van der Waals surface area contributed by atoms with Crippen molar-refractivity contribution in [3.8, 4) is 0 Å². The molecule has 0 atom stereocenters. The van der Waals surface area contributed by atoms with Crippen molar-refractivity contribution in [1.82, 2.24) is 20.4 Å². The molecule has 2 fully saturated rings. The van der Waals surface area contributed by atoms with E-state index < -0.39 is 0 Å². The summed E-state index contributed by atoms with van der Waals surface area (Å²) in [6.45, 7) is 0. The normalized spacial score (nSPS) is 21.6. The molecule has 0 bridgehead atoms. The van der Waals surface area contributed by atoms with Gasteiger partial charge >= 0.3 is 0 Å². The Morgan fingerprint density at radius 1 is 0.550 bits per heavy atom. The Labute approximate surface area is 120 Å². The van der Waals surface area contributed by atoms with Crippen LogP contribution in [0.25, 0.3) is 0 Å². The predicted octanol–water partition coefficient (Wildman–Crippen LogP) is 2.76. The van der Waals surface area contributed by atoms with Crippen LogP contribution in [0.2, 0.25) is 0 Å². The van der Waals surface area contributed by atoms with Crippen LogP contribution in [-0.4, -0.2) is 32.5 Å². The Morgan fingerprint density at radius 3 is 1.25 bits per heavy atom. The van der Waals surface area contributed by atoms with Crippen molar-refractivity contribution in [2.24, 2.45) is 0 Å². The summed E-state index contributed by atoms with van der Waals surface area (Å²) in [5, 5.41) is 23.2. The van der Waals surface area contributed by atoms with Crippen LogP contribution in [0.5, 0.6) is 0 Å². The van der Waals surface area contributed by atoms with E-state index in [0.717, 1.165) is 0 Å². The monoisotopic (exact) mass is 276 g/mol. The van der Waals surface area contributed by atoms with Gasteiger partial charge in [0.2, 0.25) is 0 Å². The Morgan fingerprint density at radius 2 is 0.900 bits per heavy atom. The average Bonchev–Trinajstić information content (AvgIpc) is 2.51. The molecule has 0 unspecified atom stereocenters. The summed E-state index contributed by atoms with van der Waals surface area (Å²) >= 11 is 0. The molecule has 6 heteroatoms. The molecule has 2 aliphatic rings. The van der Waals surface area contributed by atoms with Gasteiger partial charge in [-0.1, -0.05) is 38.5 Å². The molecule has 0 aliphatic heterocycles. The minimum Gasteiger partial charge on any atom is -0.349 e. The zero-order chi connectivity index (χ0) is 13.6. The number of nitrogens with zero attached hydrogens (tertiary/aromatic N) is 4. The molecule has 6 nitrogen and oxygen atoms in total.